The number of ether oxygens (including phenoxy) is 1. The fourth-order valence-electron chi connectivity index (χ4n) is 3.51. The fourth-order valence-corrected chi connectivity index (χ4v) is 7.49. The largest absolute Gasteiger partial charge is 0.444 e. The summed E-state index contributed by atoms with van der Waals surface area (Å²) in [5.41, 5.74) is -0.627. The Labute approximate surface area is 211 Å². The van der Waals surface area contributed by atoms with Crippen LogP contribution in [0.25, 0.3) is 0 Å². The number of thiophene rings is 1. The van der Waals surface area contributed by atoms with Crippen molar-refractivity contribution in [3.63, 3.8) is 0 Å². The van der Waals surface area contributed by atoms with Crippen LogP contribution >= 0.6 is 11.3 Å². The lowest BCUT2D eigenvalue weighted by atomic mass is 10.2. The van der Waals surface area contributed by atoms with E-state index in [1.165, 1.54) is 30.3 Å². The maximum absolute atomic E-state index is 13.0. The van der Waals surface area contributed by atoms with Gasteiger partial charge in [-0.2, -0.15) is 0 Å². The van der Waals surface area contributed by atoms with Crippen molar-refractivity contribution in [3.8, 4) is 0 Å². The average Bonchev–Trinajstić information content (AvgIpc) is 3.12. The molecule has 0 spiro atoms. The molecule has 3 rings (SSSR count). The minimum atomic E-state index is -3.82. The Morgan fingerprint density at radius 1 is 1.03 bits per heavy atom. The van der Waals surface area contributed by atoms with Gasteiger partial charge in [-0.25, -0.2) is 21.6 Å². The number of carbonyl (C=O) groups excluding carboxylic acids is 1. The van der Waals surface area contributed by atoms with E-state index in [1.54, 1.807) is 26.8 Å². The maximum Gasteiger partial charge on any atom is 0.407 e. The molecule has 2 N–H and O–H groups in total. The number of benzene rings is 1. The third-order valence-corrected chi connectivity index (χ3v) is 10.4. The highest BCUT2D eigenvalue weighted by Gasteiger charge is 2.23. The fraction of sp³-hybridized carbons (Fsp3) is 0.522. The van der Waals surface area contributed by atoms with Crippen LogP contribution in [0.15, 0.2) is 50.4 Å². The number of nitrogens with zero attached hydrogens (tertiary/aromatic N) is 1. The molecule has 0 atom stereocenters. The van der Waals surface area contributed by atoms with Crippen molar-refractivity contribution in [2.24, 2.45) is 0 Å². The molecular formula is C23H33N3O6S3. The van der Waals surface area contributed by atoms with Crippen molar-refractivity contribution < 1.29 is 26.4 Å². The van der Waals surface area contributed by atoms with Crippen LogP contribution in [0.4, 0.5) is 4.79 Å². The molecule has 1 aliphatic rings. The summed E-state index contributed by atoms with van der Waals surface area (Å²) in [5.74, 6) is -0.0158. The molecule has 1 fully saturated rings. The molecular weight excluding hydrogens is 510 g/mol. The van der Waals surface area contributed by atoms with Crippen molar-refractivity contribution in [2.45, 2.75) is 53.3 Å². The van der Waals surface area contributed by atoms with Crippen molar-refractivity contribution in [1.29, 1.82) is 0 Å². The predicted octanol–water partition coefficient (Wildman–Crippen LogP) is 2.67. The minimum Gasteiger partial charge on any atom is -0.444 e. The zero-order valence-corrected chi connectivity index (χ0v) is 22.7. The Morgan fingerprint density at radius 2 is 1.71 bits per heavy atom. The first-order chi connectivity index (χ1) is 16.4. The van der Waals surface area contributed by atoms with E-state index in [2.05, 4.69) is 15.5 Å². The predicted molar refractivity (Wildman–Crippen MR) is 135 cm³/mol. The van der Waals surface area contributed by atoms with Gasteiger partial charge in [0.25, 0.3) is 0 Å². The molecule has 0 bridgehead atoms. The molecule has 35 heavy (non-hydrogen) atoms. The monoisotopic (exact) mass is 543 g/mol. The average molecular weight is 544 g/mol. The molecule has 0 saturated carbocycles. The minimum absolute atomic E-state index is 0.0158. The second-order valence-electron chi connectivity index (χ2n) is 9.32. The lowest BCUT2D eigenvalue weighted by Gasteiger charge is -2.19. The molecule has 0 aliphatic carbocycles. The van der Waals surface area contributed by atoms with Gasteiger partial charge >= 0.3 is 6.09 Å². The van der Waals surface area contributed by atoms with Gasteiger partial charge in [0, 0.05) is 24.5 Å². The summed E-state index contributed by atoms with van der Waals surface area (Å²) < 4.78 is 56.9. The van der Waals surface area contributed by atoms with E-state index in [4.69, 9.17) is 4.74 Å². The van der Waals surface area contributed by atoms with Crippen molar-refractivity contribution >= 4 is 37.1 Å². The number of nitrogens with one attached hydrogen (secondary N) is 2. The lowest BCUT2D eigenvalue weighted by Crippen LogP contribution is -2.32. The normalized spacial score (nSPS) is 16.0. The van der Waals surface area contributed by atoms with Gasteiger partial charge in [-0.3, -0.25) is 0 Å². The highest BCUT2D eigenvalue weighted by Crippen LogP contribution is 2.28. The van der Waals surface area contributed by atoms with Gasteiger partial charge < -0.3 is 20.3 Å². The Morgan fingerprint density at radius 3 is 2.40 bits per heavy atom. The van der Waals surface area contributed by atoms with E-state index < -0.39 is 31.4 Å². The van der Waals surface area contributed by atoms with Gasteiger partial charge in [-0.15, -0.1) is 11.3 Å². The van der Waals surface area contributed by atoms with Crippen LogP contribution in [0.1, 0.15) is 32.1 Å². The van der Waals surface area contributed by atoms with Crippen LogP contribution in [0.2, 0.25) is 0 Å². The Kier molecular flexibility index (Phi) is 8.97. The first-order valence-corrected chi connectivity index (χ1v) is 15.4. The Bertz CT molecular complexity index is 1210. The molecule has 1 aliphatic heterocycles. The molecule has 2 aromatic rings. The Balaban J connectivity index is 1.63. The Hall–Kier alpha value is -1.99. The van der Waals surface area contributed by atoms with Gasteiger partial charge in [-0.05, 0) is 76.7 Å². The number of hydrogen-bond acceptors (Lipinski definition) is 9. The van der Waals surface area contributed by atoms with E-state index >= 15 is 0 Å². The van der Waals surface area contributed by atoms with Gasteiger partial charge in [0.1, 0.15) is 9.81 Å². The van der Waals surface area contributed by atoms with Crippen LogP contribution in [0, 0.1) is 0 Å². The third kappa shape index (κ3) is 8.01. The zero-order chi connectivity index (χ0) is 25.7. The third-order valence-electron chi connectivity index (χ3n) is 5.31. The smallest absolute Gasteiger partial charge is 0.407 e. The first-order valence-electron chi connectivity index (χ1n) is 11.4. The molecule has 9 nitrogen and oxygen atoms in total. The summed E-state index contributed by atoms with van der Waals surface area (Å²) in [6, 6.07) is 8.47. The van der Waals surface area contributed by atoms with Gasteiger partial charge in [-0.1, -0.05) is 0 Å². The zero-order valence-electron chi connectivity index (χ0n) is 20.2. The van der Waals surface area contributed by atoms with Crippen molar-refractivity contribution in [1.82, 2.24) is 15.5 Å². The summed E-state index contributed by atoms with van der Waals surface area (Å²) in [6.07, 6.45) is 0.397. The quantitative estimate of drug-likeness (QED) is 0.521. The highest BCUT2D eigenvalue weighted by atomic mass is 32.2. The summed E-state index contributed by atoms with van der Waals surface area (Å²) in [7, 11) is -7.35. The van der Waals surface area contributed by atoms with Crippen LogP contribution in [0.3, 0.4) is 0 Å². The highest BCUT2D eigenvalue weighted by molar-refractivity contribution is 7.93. The molecule has 194 valence electrons. The van der Waals surface area contributed by atoms with E-state index in [0.717, 1.165) is 43.9 Å². The number of hydrogen-bond donors (Lipinski definition) is 2. The summed E-state index contributed by atoms with van der Waals surface area (Å²) in [4.78, 5) is 14.7. The van der Waals surface area contributed by atoms with Crippen molar-refractivity contribution in [3.05, 3.63) is 41.3 Å². The second kappa shape index (κ2) is 11.4. The molecule has 1 aromatic carbocycles. The summed E-state index contributed by atoms with van der Waals surface area (Å²) in [5, 5.41) is 5.89. The molecule has 0 unspecified atom stereocenters. The summed E-state index contributed by atoms with van der Waals surface area (Å²) >= 11 is 1.04. The number of amides is 1. The molecule has 0 radical (unpaired) electrons. The molecule has 1 amide bonds. The maximum atomic E-state index is 13.0. The topological polar surface area (TPSA) is 122 Å². The number of sulfone groups is 2. The van der Waals surface area contributed by atoms with Gasteiger partial charge in [0.2, 0.25) is 9.84 Å². The van der Waals surface area contributed by atoms with Crippen LogP contribution in [-0.2, 0) is 31.0 Å². The van der Waals surface area contributed by atoms with Crippen LogP contribution < -0.4 is 10.6 Å². The SMILES string of the molecule is CC(C)(C)OC(=O)NCc1ccc(S(=O)(=O)c2ccc(S(=O)(=O)CCN3CCCNCC3)cc2)s1. The molecule has 12 heteroatoms. The first kappa shape index (κ1) is 27.6. The van der Waals surface area contributed by atoms with E-state index in [9.17, 15) is 21.6 Å². The molecule has 1 saturated heterocycles. The van der Waals surface area contributed by atoms with Gasteiger partial charge in [0.15, 0.2) is 9.84 Å². The number of rotatable bonds is 8. The number of carbonyl (C=O) groups is 1. The van der Waals surface area contributed by atoms with E-state index in [1.807, 2.05) is 0 Å². The van der Waals surface area contributed by atoms with E-state index in [0.29, 0.717) is 11.4 Å². The standard InChI is InChI=1S/C23H33N3O6S3/c1-23(2,3)32-22(27)25-17-18-5-10-21(33-18)35(30,31)20-8-6-19(7-9-20)34(28,29)16-15-26-13-4-11-24-12-14-26/h5-10,24H,4,11-17H2,1-3H3,(H,25,27). The van der Waals surface area contributed by atoms with Crippen molar-refractivity contribution in [2.75, 3.05) is 38.5 Å². The van der Waals surface area contributed by atoms with E-state index in [-0.39, 0.29) is 26.3 Å². The molecule has 2 heterocycles. The van der Waals surface area contributed by atoms with Crippen LogP contribution in [0.5, 0.6) is 0 Å². The van der Waals surface area contributed by atoms with Crippen LogP contribution in [-0.4, -0.2) is 71.9 Å². The second-order valence-corrected chi connectivity index (χ2v) is 14.8. The number of alkyl carbamates (subject to hydrolysis) is 1. The summed E-state index contributed by atoms with van der Waals surface area (Å²) in [6.45, 7) is 9.29. The lowest BCUT2D eigenvalue weighted by molar-refractivity contribution is 0.0524. The van der Waals surface area contributed by atoms with Gasteiger partial charge in [0.05, 0.1) is 22.1 Å². The molecule has 1 aromatic heterocycles.